The van der Waals surface area contributed by atoms with Gasteiger partial charge in [-0.3, -0.25) is 0 Å². The smallest absolute Gasteiger partial charge is 0.123 e. The average molecular weight is 312 g/mol. The second-order valence-electron chi connectivity index (χ2n) is 5.87. The first-order chi connectivity index (χ1) is 11.2. The molecule has 0 saturated heterocycles. The third kappa shape index (κ3) is 4.27. The molecule has 23 heavy (non-hydrogen) atoms. The Labute approximate surface area is 136 Å². The zero-order chi connectivity index (χ0) is 16.1. The van der Waals surface area contributed by atoms with Crippen LogP contribution < -0.4 is 0 Å². The van der Waals surface area contributed by atoms with Crippen molar-refractivity contribution < 1.29 is 13.9 Å². The van der Waals surface area contributed by atoms with Gasteiger partial charge in [-0.05, 0) is 42.2 Å². The van der Waals surface area contributed by atoms with Crippen LogP contribution in [0, 0.1) is 5.82 Å². The summed E-state index contributed by atoms with van der Waals surface area (Å²) in [6.45, 7) is 3.19. The molecule has 0 radical (unpaired) electrons. The maximum atomic E-state index is 13.1. The summed E-state index contributed by atoms with van der Waals surface area (Å²) in [7, 11) is 0. The summed E-state index contributed by atoms with van der Waals surface area (Å²) in [6, 6.07) is 16.6. The molecular weight excluding hydrogens is 291 g/mol. The Kier molecular flexibility index (Phi) is 5.21. The van der Waals surface area contributed by atoms with Crippen molar-refractivity contribution in [3.05, 3.63) is 83.2 Å². The van der Waals surface area contributed by atoms with E-state index < -0.39 is 0 Å². The first-order valence-electron chi connectivity index (χ1n) is 7.91. The Bertz CT molecular complexity index is 649. The van der Waals surface area contributed by atoms with E-state index in [4.69, 9.17) is 9.47 Å². The van der Waals surface area contributed by atoms with Crippen LogP contribution in [0.2, 0.25) is 0 Å². The van der Waals surface area contributed by atoms with Gasteiger partial charge in [-0.15, -0.1) is 0 Å². The van der Waals surface area contributed by atoms with Crippen LogP contribution in [0.4, 0.5) is 4.39 Å². The largest absolute Gasteiger partial charge is 0.374 e. The Balaban J connectivity index is 1.57. The van der Waals surface area contributed by atoms with E-state index in [0.29, 0.717) is 13.2 Å². The molecule has 120 valence electrons. The first kappa shape index (κ1) is 15.9. The van der Waals surface area contributed by atoms with Crippen LogP contribution in [-0.4, -0.2) is 12.7 Å². The molecule has 2 atom stereocenters. The SMILES string of the molecule is CC1=CC[C@H](COCc2ccccc2)OC1c1ccc(F)cc1. The molecule has 1 heterocycles. The zero-order valence-electron chi connectivity index (χ0n) is 13.2. The molecule has 0 fully saturated rings. The van der Waals surface area contributed by atoms with E-state index in [1.807, 2.05) is 30.3 Å². The molecule has 0 N–H and O–H groups in total. The van der Waals surface area contributed by atoms with Gasteiger partial charge in [0.1, 0.15) is 11.9 Å². The second-order valence-corrected chi connectivity index (χ2v) is 5.87. The fourth-order valence-corrected chi connectivity index (χ4v) is 2.75. The monoisotopic (exact) mass is 312 g/mol. The van der Waals surface area contributed by atoms with Crippen LogP contribution in [0.5, 0.6) is 0 Å². The van der Waals surface area contributed by atoms with Gasteiger partial charge in [-0.2, -0.15) is 0 Å². The summed E-state index contributed by atoms with van der Waals surface area (Å²) in [5.41, 5.74) is 3.30. The number of halogens is 1. The number of rotatable bonds is 5. The molecule has 2 aromatic rings. The molecule has 0 aliphatic carbocycles. The minimum Gasteiger partial charge on any atom is -0.374 e. The van der Waals surface area contributed by atoms with Gasteiger partial charge in [0, 0.05) is 0 Å². The molecule has 0 amide bonds. The van der Waals surface area contributed by atoms with Crippen LogP contribution in [0.15, 0.2) is 66.2 Å². The Morgan fingerprint density at radius 1 is 1.09 bits per heavy atom. The van der Waals surface area contributed by atoms with E-state index in [-0.39, 0.29) is 18.0 Å². The number of benzene rings is 2. The van der Waals surface area contributed by atoms with Gasteiger partial charge in [0.05, 0.1) is 19.3 Å². The maximum absolute atomic E-state index is 13.1. The van der Waals surface area contributed by atoms with E-state index in [1.54, 1.807) is 12.1 Å². The third-order valence-corrected chi connectivity index (χ3v) is 4.03. The van der Waals surface area contributed by atoms with Crippen LogP contribution in [0.1, 0.15) is 30.6 Å². The van der Waals surface area contributed by atoms with Crippen molar-refractivity contribution in [3.8, 4) is 0 Å². The van der Waals surface area contributed by atoms with Crippen molar-refractivity contribution in [2.75, 3.05) is 6.61 Å². The van der Waals surface area contributed by atoms with Crippen molar-refractivity contribution in [2.24, 2.45) is 0 Å². The summed E-state index contributed by atoms with van der Waals surface area (Å²) in [4.78, 5) is 0. The van der Waals surface area contributed by atoms with Crippen LogP contribution in [0.25, 0.3) is 0 Å². The van der Waals surface area contributed by atoms with E-state index in [9.17, 15) is 4.39 Å². The van der Waals surface area contributed by atoms with Crippen molar-refractivity contribution in [3.63, 3.8) is 0 Å². The zero-order valence-corrected chi connectivity index (χ0v) is 13.2. The lowest BCUT2D eigenvalue weighted by atomic mass is 9.98. The second kappa shape index (κ2) is 7.53. The summed E-state index contributed by atoms with van der Waals surface area (Å²) in [5.74, 6) is -0.228. The van der Waals surface area contributed by atoms with Crippen molar-refractivity contribution in [1.29, 1.82) is 0 Å². The molecule has 1 unspecified atom stereocenters. The molecule has 1 aliphatic rings. The average Bonchev–Trinajstić information content (AvgIpc) is 2.58. The predicted octanol–water partition coefficient (Wildman–Crippen LogP) is 4.82. The highest BCUT2D eigenvalue weighted by Gasteiger charge is 2.24. The van der Waals surface area contributed by atoms with Crippen molar-refractivity contribution >= 4 is 0 Å². The normalized spacial score (nSPS) is 21.0. The number of hydrogen-bond acceptors (Lipinski definition) is 2. The number of ether oxygens (including phenoxy) is 2. The predicted molar refractivity (Wildman–Crippen MR) is 88.5 cm³/mol. The van der Waals surface area contributed by atoms with E-state index in [0.717, 1.165) is 23.1 Å². The Morgan fingerprint density at radius 3 is 2.57 bits per heavy atom. The Morgan fingerprint density at radius 2 is 1.83 bits per heavy atom. The molecule has 1 aliphatic heterocycles. The van der Waals surface area contributed by atoms with Gasteiger partial charge in [-0.25, -0.2) is 4.39 Å². The molecule has 0 aromatic heterocycles. The van der Waals surface area contributed by atoms with Crippen LogP contribution in [-0.2, 0) is 16.1 Å². The topological polar surface area (TPSA) is 18.5 Å². The molecule has 0 bridgehead atoms. The molecule has 0 spiro atoms. The van der Waals surface area contributed by atoms with E-state index >= 15 is 0 Å². The summed E-state index contributed by atoms with van der Waals surface area (Å²) in [5, 5.41) is 0. The van der Waals surface area contributed by atoms with Gasteiger partial charge >= 0.3 is 0 Å². The lowest BCUT2D eigenvalue weighted by Crippen LogP contribution is -2.26. The van der Waals surface area contributed by atoms with Gasteiger partial charge < -0.3 is 9.47 Å². The maximum Gasteiger partial charge on any atom is 0.123 e. The van der Waals surface area contributed by atoms with E-state index in [2.05, 4.69) is 13.0 Å². The molecular formula is C20H21FO2. The first-order valence-corrected chi connectivity index (χ1v) is 7.91. The summed E-state index contributed by atoms with van der Waals surface area (Å²) < 4.78 is 25.0. The molecule has 3 heteroatoms. The highest BCUT2D eigenvalue weighted by Crippen LogP contribution is 2.32. The lowest BCUT2D eigenvalue weighted by Gasteiger charge is -2.29. The van der Waals surface area contributed by atoms with Gasteiger partial charge in [0.2, 0.25) is 0 Å². The van der Waals surface area contributed by atoms with Crippen LogP contribution >= 0.6 is 0 Å². The highest BCUT2D eigenvalue weighted by molar-refractivity contribution is 5.27. The Hall–Kier alpha value is -1.97. The fourth-order valence-electron chi connectivity index (χ4n) is 2.75. The molecule has 3 rings (SSSR count). The third-order valence-electron chi connectivity index (χ3n) is 4.03. The van der Waals surface area contributed by atoms with Crippen molar-refractivity contribution in [1.82, 2.24) is 0 Å². The minimum atomic E-state index is -0.228. The quantitative estimate of drug-likeness (QED) is 0.737. The summed E-state index contributed by atoms with van der Waals surface area (Å²) >= 11 is 0. The highest BCUT2D eigenvalue weighted by atomic mass is 19.1. The molecule has 2 nitrogen and oxygen atoms in total. The standard InChI is InChI=1S/C20H21FO2/c1-15-7-12-19(14-22-13-16-5-3-2-4-6-16)23-20(15)17-8-10-18(21)11-9-17/h2-11,19-20H,12-14H2,1H3/t19-,20?/m1/s1. The van der Waals surface area contributed by atoms with Crippen LogP contribution in [0.3, 0.4) is 0 Å². The van der Waals surface area contributed by atoms with Gasteiger partial charge in [0.25, 0.3) is 0 Å². The van der Waals surface area contributed by atoms with Crippen molar-refractivity contribution in [2.45, 2.75) is 32.2 Å². The van der Waals surface area contributed by atoms with E-state index in [1.165, 1.54) is 12.1 Å². The lowest BCUT2D eigenvalue weighted by molar-refractivity contribution is -0.0552. The molecule has 2 aromatic carbocycles. The minimum absolute atomic E-state index is 0.0254. The summed E-state index contributed by atoms with van der Waals surface area (Å²) in [6.07, 6.45) is 2.94. The van der Waals surface area contributed by atoms with Gasteiger partial charge in [-0.1, -0.05) is 48.5 Å². The van der Waals surface area contributed by atoms with Gasteiger partial charge in [0.15, 0.2) is 0 Å². The number of hydrogen-bond donors (Lipinski definition) is 0. The molecule has 0 saturated carbocycles. The fraction of sp³-hybridized carbons (Fsp3) is 0.300.